The minimum atomic E-state index is 0.167. The molecule has 0 spiro atoms. The number of aldehydes is 3. The predicted molar refractivity (Wildman–Crippen MR) is 103 cm³/mol. The minimum absolute atomic E-state index is 0.167. The number of hydrogen-bond acceptors (Lipinski definition) is 4. The molecule has 0 aromatic heterocycles. The molecule has 0 aliphatic heterocycles. The van der Waals surface area contributed by atoms with Crippen molar-refractivity contribution < 1.29 is 77.2 Å². The molecule has 0 aromatic rings. The average Bonchev–Trinajstić information content (AvgIpc) is 2.43. The van der Waals surface area contributed by atoms with Crippen molar-refractivity contribution >= 4 is 37.8 Å². The number of Topliss-reactive ketones (excluding diaryl/α,β-unsaturated/α-hetero) is 1. The predicted octanol–water partition coefficient (Wildman–Crippen LogP) is 3.69. The van der Waals surface area contributed by atoms with Crippen LogP contribution in [0.3, 0.4) is 0 Å². The summed E-state index contributed by atoms with van der Waals surface area (Å²) in [7, 11) is 0. The van der Waals surface area contributed by atoms with Gasteiger partial charge in [0.1, 0.15) is 24.6 Å². The van der Waals surface area contributed by atoms with Gasteiger partial charge in [0.15, 0.2) is 0 Å². The molecule has 0 unspecified atom stereocenters. The van der Waals surface area contributed by atoms with Crippen LogP contribution in [-0.4, -0.2) is 37.8 Å². The maximum atomic E-state index is 9.44. The van der Waals surface area contributed by atoms with Gasteiger partial charge in [0, 0.05) is 0 Å². The Bertz CT molecular complexity index is 194. The van der Waals surface area contributed by atoms with E-state index >= 15 is 0 Å². The summed E-state index contributed by atoms with van der Waals surface area (Å²) < 4.78 is 6.25. The first-order valence-corrected chi connectivity index (χ1v) is 12.6. The molecule has 0 N–H and O–H groups in total. The van der Waals surface area contributed by atoms with Gasteiger partial charge in [0.2, 0.25) is 0 Å². The van der Waals surface area contributed by atoms with Crippen molar-refractivity contribution in [3.8, 4) is 0 Å². The molecule has 4 nitrogen and oxygen atoms in total. The summed E-state index contributed by atoms with van der Waals surface area (Å²) in [5.41, 5.74) is 0. The van der Waals surface area contributed by atoms with E-state index in [0.717, 1.165) is 18.9 Å². The standard InChI is InChI=1S/C3H6O.C3H8.3C2H4O.3C2H4.3W/c1-3(2)4;1-3-2;3*1-2-3;3*1-2;;;/h1-2H3;3H2,1-2H3;3*2H,1H3;3*1H,2H3;;;. The molecule has 0 bridgehead atoms. The van der Waals surface area contributed by atoms with E-state index in [0.29, 0.717) is 0 Å². The molecule has 0 saturated heterocycles. The van der Waals surface area contributed by atoms with Crippen molar-refractivity contribution in [1.29, 1.82) is 0 Å². The van der Waals surface area contributed by atoms with E-state index in [2.05, 4.69) is 27.0 Å². The molecule has 0 amide bonds. The zero-order chi connectivity index (χ0) is 22.5. The first-order chi connectivity index (χ1) is 11.6. The average molecular weight is 870 g/mol. The van der Waals surface area contributed by atoms with Gasteiger partial charge >= 0.3 is 92.0 Å². The summed E-state index contributed by atoms with van der Waals surface area (Å²) in [4.78, 5) is 35.9. The van der Waals surface area contributed by atoms with Crippen LogP contribution in [0.4, 0.5) is 0 Å². The molecule has 0 aliphatic rings. The van der Waals surface area contributed by atoms with Crippen LogP contribution in [0, 0.1) is 0 Å². The number of hydrogen-bond donors (Lipinski definition) is 0. The molecule has 0 radical (unpaired) electrons. The molecule has 0 fully saturated rings. The fourth-order valence-corrected chi connectivity index (χ4v) is 0. The van der Waals surface area contributed by atoms with Gasteiger partial charge in [-0.2, -0.15) is 0 Å². The van der Waals surface area contributed by atoms with Crippen LogP contribution < -0.4 is 0 Å². The van der Waals surface area contributed by atoms with Crippen LogP contribution in [0.15, 0.2) is 0 Å². The summed E-state index contributed by atoms with van der Waals surface area (Å²) in [5, 5.41) is 0. The third-order valence-corrected chi connectivity index (χ3v) is 0. The van der Waals surface area contributed by atoms with Crippen LogP contribution in [0.25, 0.3) is 0 Å². The van der Waals surface area contributed by atoms with Crippen molar-refractivity contribution in [2.45, 2.75) is 75.7 Å². The Hall–Kier alpha value is 0.355. The van der Waals surface area contributed by atoms with Crippen molar-refractivity contribution in [3.05, 3.63) is 0 Å². The van der Waals surface area contributed by atoms with Crippen molar-refractivity contribution in [2.75, 3.05) is 0 Å². The molecule has 0 aliphatic carbocycles. The summed E-state index contributed by atoms with van der Waals surface area (Å²) in [6.45, 7) is 17.8. The third kappa shape index (κ3) is 96600. The molecular formula is C18H38O4W3. The first-order valence-electron chi connectivity index (χ1n) is 7.50. The van der Waals surface area contributed by atoms with Crippen LogP contribution in [0.5, 0.6) is 0 Å². The van der Waals surface area contributed by atoms with Crippen molar-refractivity contribution in [2.24, 2.45) is 0 Å². The number of rotatable bonds is 0. The summed E-state index contributed by atoms with van der Waals surface area (Å²) in [5.74, 6) is 0.167. The molecule has 0 atom stereocenters. The Kier molecular flexibility index (Phi) is 247. The van der Waals surface area contributed by atoms with Gasteiger partial charge in [0.25, 0.3) is 0 Å². The van der Waals surface area contributed by atoms with Crippen molar-refractivity contribution in [3.63, 3.8) is 0 Å². The van der Waals surface area contributed by atoms with E-state index in [4.69, 9.17) is 14.4 Å². The quantitative estimate of drug-likeness (QED) is 0.349. The molecule has 0 heterocycles. The topological polar surface area (TPSA) is 68.3 Å². The summed E-state index contributed by atoms with van der Waals surface area (Å²) in [6, 6.07) is 0. The SMILES string of the molecule is CC(C)=O.CC=O.CC=O.CC=O.CCC.C[CH]=[W].C[CH]=[W].C[CH]=[W]. The van der Waals surface area contributed by atoms with Gasteiger partial charge in [-0.05, 0) is 34.6 Å². The van der Waals surface area contributed by atoms with Crippen LogP contribution in [0.2, 0.25) is 0 Å². The fourth-order valence-electron chi connectivity index (χ4n) is 0. The Balaban J connectivity index is -0.0000000221. The van der Waals surface area contributed by atoms with Gasteiger partial charge in [-0.1, -0.05) is 20.3 Å². The first kappa shape index (κ1) is 49.9. The molecule has 25 heavy (non-hydrogen) atoms. The zero-order valence-corrected chi connectivity index (χ0v) is 26.3. The number of ketones is 1. The summed E-state index contributed by atoms with van der Waals surface area (Å²) >= 11 is 4.64. The fraction of sp³-hybridized carbons (Fsp3) is 0.611. The molecular weight excluding hydrogens is 832 g/mol. The second kappa shape index (κ2) is 124. The molecule has 0 rings (SSSR count). The third-order valence-electron chi connectivity index (χ3n) is 0. The zero-order valence-electron chi connectivity index (χ0n) is 17.5. The van der Waals surface area contributed by atoms with E-state index in [1.54, 1.807) is 58.1 Å². The van der Waals surface area contributed by atoms with E-state index in [1.165, 1.54) is 41.0 Å². The maximum absolute atomic E-state index is 9.44. The normalized spacial score (nSPS) is 4.88. The van der Waals surface area contributed by atoms with Crippen molar-refractivity contribution in [1.82, 2.24) is 0 Å². The molecule has 0 saturated carbocycles. The Morgan fingerprint density at radius 1 is 0.640 bits per heavy atom. The van der Waals surface area contributed by atoms with E-state index < -0.39 is 0 Å². The number of carbonyl (C=O) groups is 4. The second-order valence-electron chi connectivity index (χ2n) is 3.03. The molecule has 152 valence electrons. The van der Waals surface area contributed by atoms with Crippen LogP contribution in [0.1, 0.15) is 75.7 Å². The van der Waals surface area contributed by atoms with E-state index in [-0.39, 0.29) is 5.78 Å². The monoisotopic (exact) mass is 870 g/mol. The van der Waals surface area contributed by atoms with Gasteiger partial charge in [-0.15, -0.1) is 0 Å². The van der Waals surface area contributed by atoms with Crippen LogP contribution in [-0.2, 0) is 77.2 Å². The van der Waals surface area contributed by atoms with E-state index in [9.17, 15) is 4.79 Å². The van der Waals surface area contributed by atoms with Gasteiger partial charge < -0.3 is 19.2 Å². The molecule has 7 heteroatoms. The second-order valence-corrected chi connectivity index (χ2v) is 8.11. The van der Waals surface area contributed by atoms with Gasteiger partial charge in [0.05, 0.1) is 0 Å². The Labute approximate surface area is 189 Å². The Morgan fingerprint density at radius 2 is 0.640 bits per heavy atom. The number of carbonyl (C=O) groups excluding carboxylic acids is 4. The van der Waals surface area contributed by atoms with Crippen LogP contribution >= 0.6 is 0 Å². The van der Waals surface area contributed by atoms with E-state index in [1.807, 2.05) is 20.8 Å². The molecule has 0 aromatic carbocycles. The van der Waals surface area contributed by atoms with Gasteiger partial charge in [-0.25, -0.2) is 0 Å². The summed E-state index contributed by atoms with van der Waals surface area (Å²) in [6.07, 6.45) is 3.50. The Morgan fingerprint density at radius 3 is 0.640 bits per heavy atom. The van der Waals surface area contributed by atoms with Gasteiger partial charge in [-0.3, -0.25) is 0 Å².